The Balaban J connectivity index is 1.26. The number of pyridine rings is 1. The van der Waals surface area contributed by atoms with E-state index in [2.05, 4.69) is 25.0 Å². The van der Waals surface area contributed by atoms with Gasteiger partial charge >= 0.3 is 0 Å². The van der Waals surface area contributed by atoms with Crippen molar-refractivity contribution in [3.05, 3.63) is 48.0 Å². The number of carbonyl (C=O) groups excluding carboxylic acids is 1. The highest BCUT2D eigenvalue weighted by Crippen LogP contribution is 2.26. The van der Waals surface area contributed by atoms with Crippen LogP contribution in [0.15, 0.2) is 42.1 Å². The quantitative estimate of drug-likeness (QED) is 0.543. The molecular weight excluding hydrogens is 406 g/mol. The molecular formula is C23H31N7O2. The first kappa shape index (κ1) is 22.1. The van der Waals surface area contributed by atoms with Crippen LogP contribution in [0.1, 0.15) is 36.8 Å². The van der Waals surface area contributed by atoms with E-state index in [1.165, 1.54) is 0 Å². The standard InChI is InChI=1S/C23H31N7O2/c1-32-28-21(18-2-8-25-9-3-18)19-6-12-30(13-7-19)22(31)20-4-10-29(11-5-20)16-17-14-26-23(24)27-15-17/h2-3,8-9,14-15,19-20H,4-7,10-13,16H2,1H3,(H2,24,26,27)/b28-21+. The van der Waals surface area contributed by atoms with Gasteiger partial charge in [-0.15, -0.1) is 0 Å². The molecule has 2 aliphatic heterocycles. The van der Waals surface area contributed by atoms with Gasteiger partial charge in [0, 0.05) is 67.4 Å². The lowest BCUT2D eigenvalue weighted by atomic mass is 9.87. The molecule has 0 spiro atoms. The summed E-state index contributed by atoms with van der Waals surface area (Å²) < 4.78 is 0. The summed E-state index contributed by atoms with van der Waals surface area (Å²) >= 11 is 0. The second-order valence-electron chi connectivity index (χ2n) is 8.49. The molecule has 0 atom stereocenters. The van der Waals surface area contributed by atoms with Gasteiger partial charge in [0.2, 0.25) is 11.9 Å². The van der Waals surface area contributed by atoms with Gasteiger partial charge < -0.3 is 15.5 Å². The zero-order chi connectivity index (χ0) is 22.3. The zero-order valence-electron chi connectivity index (χ0n) is 18.6. The Morgan fingerprint density at radius 1 is 1.06 bits per heavy atom. The molecule has 9 heteroatoms. The number of likely N-dealkylation sites (tertiary alicyclic amines) is 2. The number of carbonyl (C=O) groups is 1. The lowest BCUT2D eigenvalue weighted by molar-refractivity contribution is -0.138. The van der Waals surface area contributed by atoms with Crippen molar-refractivity contribution >= 4 is 17.6 Å². The molecule has 4 rings (SSSR count). The fourth-order valence-corrected chi connectivity index (χ4v) is 4.66. The average Bonchev–Trinajstić information content (AvgIpc) is 2.85. The lowest BCUT2D eigenvalue weighted by Gasteiger charge is -2.37. The van der Waals surface area contributed by atoms with Crippen LogP contribution in [0.25, 0.3) is 0 Å². The van der Waals surface area contributed by atoms with Crippen LogP contribution < -0.4 is 5.73 Å². The summed E-state index contributed by atoms with van der Waals surface area (Å²) in [5, 5.41) is 4.29. The summed E-state index contributed by atoms with van der Waals surface area (Å²) in [6, 6.07) is 3.92. The number of amides is 1. The van der Waals surface area contributed by atoms with Crippen molar-refractivity contribution in [3.63, 3.8) is 0 Å². The van der Waals surface area contributed by atoms with E-state index >= 15 is 0 Å². The van der Waals surface area contributed by atoms with E-state index in [-0.39, 0.29) is 11.8 Å². The first-order valence-corrected chi connectivity index (χ1v) is 11.2. The van der Waals surface area contributed by atoms with Crippen LogP contribution in [0.4, 0.5) is 5.95 Å². The van der Waals surface area contributed by atoms with Crippen LogP contribution in [0, 0.1) is 11.8 Å². The fraction of sp³-hybridized carbons (Fsp3) is 0.522. The molecule has 0 saturated carbocycles. The highest BCUT2D eigenvalue weighted by atomic mass is 16.6. The monoisotopic (exact) mass is 437 g/mol. The molecule has 0 aliphatic carbocycles. The average molecular weight is 438 g/mol. The maximum atomic E-state index is 13.1. The van der Waals surface area contributed by atoms with Crippen LogP contribution in [0.2, 0.25) is 0 Å². The Labute approximate surface area is 188 Å². The number of nitrogen functional groups attached to an aromatic ring is 1. The minimum absolute atomic E-state index is 0.109. The van der Waals surface area contributed by atoms with Crippen LogP contribution in [-0.2, 0) is 16.2 Å². The third kappa shape index (κ3) is 5.40. The van der Waals surface area contributed by atoms with Crippen LogP contribution in [0.5, 0.6) is 0 Å². The van der Waals surface area contributed by atoms with Crippen molar-refractivity contribution in [1.29, 1.82) is 0 Å². The van der Waals surface area contributed by atoms with Gasteiger partial charge in [-0.1, -0.05) is 5.16 Å². The van der Waals surface area contributed by atoms with E-state index in [4.69, 9.17) is 10.6 Å². The molecule has 0 unspecified atom stereocenters. The molecule has 4 heterocycles. The number of piperidine rings is 2. The van der Waals surface area contributed by atoms with Gasteiger partial charge in [0.15, 0.2) is 0 Å². The number of oxime groups is 1. The lowest BCUT2D eigenvalue weighted by Crippen LogP contribution is -2.46. The van der Waals surface area contributed by atoms with Crippen LogP contribution in [-0.4, -0.2) is 69.7 Å². The van der Waals surface area contributed by atoms with Crippen molar-refractivity contribution in [2.75, 3.05) is 39.0 Å². The number of rotatable bonds is 6. The van der Waals surface area contributed by atoms with Crippen molar-refractivity contribution < 1.29 is 9.63 Å². The molecule has 2 aromatic heterocycles. The highest BCUT2D eigenvalue weighted by Gasteiger charge is 2.32. The first-order chi connectivity index (χ1) is 15.6. The summed E-state index contributed by atoms with van der Waals surface area (Å²) in [6.07, 6.45) is 10.7. The summed E-state index contributed by atoms with van der Waals surface area (Å²) in [4.78, 5) is 34.8. The third-order valence-electron chi connectivity index (χ3n) is 6.43. The van der Waals surface area contributed by atoms with Gasteiger partial charge in [-0.2, -0.15) is 0 Å². The highest BCUT2D eigenvalue weighted by molar-refractivity contribution is 6.02. The SMILES string of the molecule is CO/N=C(\c1ccncc1)C1CCN(C(=O)C2CCN(Cc3cnc(N)nc3)CC2)CC1. The summed E-state index contributed by atoms with van der Waals surface area (Å²) in [5.74, 6) is 0.986. The van der Waals surface area contributed by atoms with E-state index < -0.39 is 0 Å². The van der Waals surface area contributed by atoms with Crippen molar-refractivity contribution in [2.24, 2.45) is 17.0 Å². The third-order valence-corrected chi connectivity index (χ3v) is 6.43. The van der Waals surface area contributed by atoms with Gasteiger partial charge in [-0.3, -0.25) is 14.7 Å². The zero-order valence-corrected chi connectivity index (χ0v) is 18.6. The van der Waals surface area contributed by atoms with Gasteiger partial charge in [0.05, 0.1) is 5.71 Å². The van der Waals surface area contributed by atoms with Crippen LogP contribution in [0.3, 0.4) is 0 Å². The van der Waals surface area contributed by atoms with Crippen LogP contribution >= 0.6 is 0 Å². The second-order valence-corrected chi connectivity index (χ2v) is 8.49. The minimum atomic E-state index is 0.109. The maximum absolute atomic E-state index is 13.1. The van der Waals surface area contributed by atoms with Gasteiger partial charge in [0.25, 0.3) is 0 Å². The van der Waals surface area contributed by atoms with E-state index in [1.54, 1.807) is 31.9 Å². The fourth-order valence-electron chi connectivity index (χ4n) is 4.66. The van der Waals surface area contributed by atoms with Crippen molar-refractivity contribution in [2.45, 2.75) is 32.2 Å². The Morgan fingerprint density at radius 3 is 2.31 bits per heavy atom. The van der Waals surface area contributed by atoms with Gasteiger partial charge in [0.1, 0.15) is 7.11 Å². The molecule has 0 bridgehead atoms. The minimum Gasteiger partial charge on any atom is -0.399 e. The van der Waals surface area contributed by atoms with Gasteiger partial charge in [-0.05, 0) is 50.9 Å². The normalized spacial score (nSPS) is 19.2. The Morgan fingerprint density at radius 2 is 1.69 bits per heavy atom. The molecule has 0 aromatic carbocycles. The number of nitrogens with two attached hydrogens (primary N) is 1. The number of anilines is 1. The van der Waals surface area contributed by atoms with E-state index in [9.17, 15) is 4.79 Å². The number of hydrogen-bond acceptors (Lipinski definition) is 8. The molecule has 32 heavy (non-hydrogen) atoms. The predicted octanol–water partition coefficient (Wildman–Crippen LogP) is 1.96. The summed E-state index contributed by atoms with van der Waals surface area (Å²) in [7, 11) is 1.58. The summed E-state index contributed by atoms with van der Waals surface area (Å²) in [6.45, 7) is 4.14. The second kappa shape index (κ2) is 10.5. The first-order valence-electron chi connectivity index (χ1n) is 11.2. The molecule has 2 aliphatic rings. The number of nitrogens with zero attached hydrogens (tertiary/aromatic N) is 6. The Bertz CT molecular complexity index is 904. The Hall–Kier alpha value is -3.07. The molecule has 2 saturated heterocycles. The van der Waals surface area contributed by atoms with E-state index in [1.807, 2.05) is 17.0 Å². The molecule has 1 amide bonds. The molecule has 2 aromatic rings. The predicted molar refractivity (Wildman–Crippen MR) is 122 cm³/mol. The number of aromatic nitrogens is 3. The largest absolute Gasteiger partial charge is 0.399 e. The van der Waals surface area contributed by atoms with Gasteiger partial charge in [-0.25, -0.2) is 9.97 Å². The van der Waals surface area contributed by atoms with Crippen molar-refractivity contribution in [3.8, 4) is 0 Å². The topological polar surface area (TPSA) is 110 Å². The van der Waals surface area contributed by atoms with E-state index in [0.717, 1.165) is 75.2 Å². The molecule has 9 nitrogen and oxygen atoms in total. The smallest absolute Gasteiger partial charge is 0.225 e. The maximum Gasteiger partial charge on any atom is 0.225 e. The summed E-state index contributed by atoms with van der Waals surface area (Å²) in [5.41, 5.74) is 8.59. The molecule has 0 radical (unpaired) electrons. The molecule has 2 fully saturated rings. The Kier molecular flexibility index (Phi) is 7.26. The molecule has 170 valence electrons. The van der Waals surface area contributed by atoms with Crippen molar-refractivity contribution in [1.82, 2.24) is 24.8 Å². The molecule has 2 N–H and O–H groups in total. The number of hydrogen-bond donors (Lipinski definition) is 1. The van der Waals surface area contributed by atoms with E-state index in [0.29, 0.717) is 11.9 Å².